The number of para-hydroxylation sites is 3. The third kappa shape index (κ3) is 3.85. The largest absolute Gasteiger partial charge is 0.456 e. The summed E-state index contributed by atoms with van der Waals surface area (Å²) in [6, 6.07) is 49.0. The first-order valence-corrected chi connectivity index (χ1v) is 16.2. The third-order valence-corrected chi connectivity index (χ3v) is 9.49. The number of anilines is 3. The molecule has 0 spiro atoms. The van der Waals surface area contributed by atoms with Gasteiger partial charge in [0.1, 0.15) is 39.1 Å². The van der Waals surface area contributed by atoms with Crippen molar-refractivity contribution < 1.29 is 17.7 Å². The van der Waals surface area contributed by atoms with Crippen molar-refractivity contribution in [2.45, 2.75) is 0 Å². The molecular weight excluding hydrogens is 608 g/mol. The lowest BCUT2D eigenvalue weighted by atomic mass is 10.1. The van der Waals surface area contributed by atoms with Crippen LogP contribution in [-0.2, 0) is 0 Å². The van der Waals surface area contributed by atoms with Crippen LogP contribution >= 0.6 is 0 Å². The Bertz CT molecular complexity index is 3070. The lowest BCUT2D eigenvalue weighted by Crippen LogP contribution is -2.11. The Morgan fingerprint density at radius 3 is 1.73 bits per heavy atom. The van der Waals surface area contributed by atoms with Crippen LogP contribution in [0, 0.1) is 0 Å². The Labute approximate surface area is 278 Å². The number of nitrogens with zero attached hydrogens (tertiary/aromatic N) is 2. The quantitative estimate of drug-likeness (QED) is 0.192. The van der Waals surface area contributed by atoms with Gasteiger partial charge in [0.25, 0.3) is 0 Å². The van der Waals surface area contributed by atoms with Crippen LogP contribution in [0.15, 0.2) is 163 Å². The van der Waals surface area contributed by atoms with Crippen molar-refractivity contribution in [1.82, 2.24) is 4.98 Å². The van der Waals surface area contributed by atoms with Crippen molar-refractivity contribution >= 4 is 94.0 Å². The lowest BCUT2D eigenvalue weighted by molar-refractivity contribution is 0.620. The van der Waals surface area contributed by atoms with Gasteiger partial charge < -0.3 is 22.6 Å². The fraction of sp³-hybridized carbons (Fsp3) is 0. The van der Waals surface area contributed by atoms with E-state index in [1.807, 2.05) is 97.1 Å². The Kier molecular flexibility index (Phi) is 5.29. The molecule has 0 atom stereocenters. The van der Waals surface area contributed by atoms with E-state index < -0.39 is 0 Å². The van der Waals surface area contributed by atoms with E-state index in [0.717, 1.165) is 82.9 Å². The average Bonchev–Trinajstić information content (AvgIpc) is 3.93. The smallest absolute Gasteiger partial charge is 0.227 e. The summed E-state index contributed by atoms with van der Waals surface area (Å²) in [4.78, 5) is 7.37. The van der Waals surface area contributed by atoms with Crippen molar-refractivity contribution in [3.8, 4) is 11.5 Å². The number of benzene rings is 7. The zero-order chi connectivity index (χ0) is 32.1. The lowest BCUT2D eigenvalue weighted by Gasteiger charge is -2.25. The fourth-order valence-electron chi connectivity index (χ4n) is 7.25. The molecule has 6 heteroatoms. The topological polar surface area (TPSA) is 68.7 Å². The molecule has 0 radical (unpaired) electrons. The average molecular weight is 633 g/mol. The van der Waals surface area contributed by atoms with Gasteiger partial charge in [-0.2, -0.15) is 0 Å². The second kappa shape index (κ2) is 9.86. The van der Waals surface area contributed by atoms with Crippen LogP contribution in [0.4, 0.5) is 17.1 Å². The number of rotatable bonds is 4. The molecule has 0 unspecified atom stereocenters. The summed E-state index contributed by atoms with van der Waals surface area (Å²) in [6.45, 7) is 0. The molecule has 7 aromatic carbocycles. The van der Waals surface area contributed by atoms with Crippen molar-refractivity contribution in [2.24, 2.45) is 0 Å². The highest BCUT2D eigenvalue weighted by atomic mass is 16.4. The first-order valence-electron chi connectivity index (χ1n) is 16.2. The molecule has 49 heavy (non-hydrogen) atoms. The summed E-state index contributed by atoms with van der Waals surface area (Å²) in [5.74, 6) is 0.540. The van der Waals surface area contributed by atoms with E-state index in [0.29, 0.717) is 22.6 Å². The summed E-state index contributed by atoms with van der Waals surface area (Å²) in [5, 5.41) is 6.14. The minimum Gasteiger partial charge on any atom is -0.456 e. The Morgan fingerprint density at radius 1 is 0.388 bits per heavy atom. The molecule has 0 aliphatic heterocycles. The predicted octanol–water partition coefficient (Wildman–Crippen LogP) is 12.7. The molecule has 6 nitrogen and oxygen atoms in total. The molecule has 0 saturated heterocycles. The van der Waals surface area contributed by atoms with Gasteiger partial charge in [0, 0.05) is 49.6 Å². The summed E-state index contributed by atoms with van der Waals surface area (Å²) >= 11 is 0. The first kappa shape index (κ1) is 26.3. The van der Waals surface area contributed by atoms with Crippen LogP contribution in [-0.4, -0.2) is 4.98 Å². The molecule has 0 aliphatic rings. The van der Waals surface area contributed by atoms with Crippen LogP contribution in [0.25, 0.3) is 88.4 Å². The van der Waals surface area contributed by atoms with Crippen LogP contribution in [0.5, 0.6) is 0 Å². The molecule has 0 bridgehead atoms. The number of oxazole rings is 1. The van der Waals surface area contributed by atoms with E-state index in [2.05, 4.69) is 53.4 Å². The molecule has 0 amide bonds. The van der Waals surface area contributed by atoms with E-state index in [-0.39, 0.29) is 0 Å². The number of aromatic nitrogens is 1. The van der Waals surface area contributed by atoms with Gasteiger partial charge in [-0.3, -0.25) is 0 Å². The van der Waals surface area contributed by atoms with E-state index in [9.17, 15) is 0 Å². The van der Waals surface area contributed by atoms with E-state index in [1.54, 1.807) is 0 Å². The van der Waals surface area contributed by atoms with Crippen molar-refractivity contribution in [1.29, 1.82) is 0 Å². The number of hydrogen-bond acceptors (Lipinski definition) is 6. The Balaban J connectivity index is 1.27. The summed E-state index contributed by atoms with van der Waals surface area (Å²) in [7, 11) is 0. The van der Waals surface area contributed by atoms with Gasteiger partial charge in [-0.1, -0.05) is 72.8 Å². The fourth-order valence-corrected chi connectivity index (χ4v) is 7.25. The summed E-state index contributed by atoms with van der Waals surface area (Å²) in [6.07, 6.45) is 0. The van der Waals surface area contributed by atoms with Gasteiger partial charge in [-0.15, -0.1) is 0 Å². The van der Waals surface area contributed by atoms with Gasteiger partial charge in [0.05, 0.1) is 5.69 Å². The maximum atomic E-state index is 6.74. The van der Waals surface area contributed by atoms with Crippen LogP contribution in [0.2, 0.25) is 0 Å². The van der Waals surface area contributed by atoms with Crippen LogP contribution in [0.3, 0.4) is 0 Å². The molecule has 4 aromatic heterocycles. The first-order chi connectivity index (χ1) is 24.3. The van der Waals surface area contributed by atoms with Crippen LogP contribution in [0.1, 0.15) is 0 Å². The highest BCUT2D eigenvalue weighted by molar-refractivity contribution is 6.18. The van der Waals surface area contributed by atoms with Gasteiger partial charge in [0.15, 0.2) is 11.2 Å². The third-order valence-electron chi connectivity index (χ3n) is 9.49. The maximum absolute atomic E-state index is 6.74. The number of furan rings is 3. The number of hydrogen-bond donors (Lipinski definition) is 0. The maximum Gasteiger partial charge on any atom is 0.227 e. The van der Waals surface area contributed by atoms with E-state index in [1.165, 1.54) is 0 Å². The van der Waals surface area contributed by atoms with E-state index >= 15 is 0 Å². The molecule has 230 valence electrons. The zero-order valence-electron chi connectivity index (χ0n) is 25.9. The molecule has 0 N–H and O–H groups in total. The molecule has 11 rings (SSSR count). The normalized spacial score (nSPS) is 12.1. The molecule has 11 aromatic rings. The van der Waals surface area contributed by atoms with Gasteiger partial charge in [0.2, 0.25) is 5.89 Å². The summed E-state index contributed by atoms with van der Waals surface area (Å²) < 4.78 is 26.0. The molecule has 0 saturated carbocycles. The van der Waals surface area contributed by atoms with Gasteiger partial charge >= 0.3 is 0 Å². The summed E-state index contributed by atoms with van der Waals surface area (Å²) in [5.41, 5.74) is 9.62. The minimum absolute atomic E-state index is 0.540. The molecular formula is C43H24N2O4. The second-order valence-electron chi connectivity index (χ2n) is 12.3. The van der Waals surface area contributed by atoms with Crippen molar-refractivity contribution in [2.75, 3.05) is 4.90 Å². The second-order valence-corrected chi connectivity index (χ2v) is 12.3. The monoisotopic (exact) mass is 632 g/mol. The van der Waals surface area contributed by atoms with Gasteiger partial charge in [-0.25, -0.2) is 4.98 Å². The van der Waals surface area contributed by atoms with Crippen molar-refractivity contribution in [3.63, 3.8) is 0 Å². The highest BCUT2D eigenvalue weighted by Gasteiger charge is 2.27. The standard InChI is InChI=1S/C43H24N2O4/c1-2-10-25(11-3-1)43-44-40-39(49-43)24-33-30-14-6-9-17-36(30)48-42(33)41(40)45(26-19-21-37-32(22-26)29-13-5-8-16-35(29)46-37)27-18-20-31-28-12-4-7-15-34(28)47-38(31)23-27/h1-24H. The molecule has 4 heterocycles. The minimum atomic E-state index is 0.540. The highest BCUT2D eigenvalue weighted by Crippen LogP contribution is 2.48. The number of fused-ring (bicyclic) bond motifs is 10. The van der Waals surface area contributed by atoms with Gasteiger partial charge in [-0.05, 0) is 66.7 Å². The van der Waals surface area contributed by atoms with Crippen molar-refractivity contribution in [3.05, 3.63) is 146 Å². The molecule has 0 fully saturated rings. The molecule has 0 aliphatic carbocycles. The Hall–Kier alpha value is -6.79. The van der Waals surface area contributed by atoms with E-state index in [4.69, 9.17) is 22.7 Å². The zero-order valence-corrected chi connectivity index (χ0v) is 25.9. The predicted molar refractivity (Wildman–Crippen MR) is 196 cm³/mol. The van der Waals surface area contributed by atoms with Crippen LogP contribution < -0.4 is 4.90 Å². The Morgan fingerprint density at radius 2 is 0.959 bits per heavy atom. The SMILES string of the molecule is c1ccc(-c2nc3c(N(c4ccc5c(c4)oc4ccccc45)c4ccc5oc6ccccc6c5c4)c4oc5ccccc5c4cc3o2)cc1.